The van der Waals surface area contributed by atoms with Crippen LogP contribution in [0, 0.1) is 5.82 Å². The lowest BCUT2D eigenvalue weighted by molar-refractivity contribution is -0.119. The molecule has 1 fully saturated rings. The van der Waals surface area contributed by atoms with E-state index in [0.717, 1.165) is 43.7 Å². The third kappa shape index (κ3) is 6.60. The van der Waals surface area contributed by atoms with Crippen LogP contribution in [0.4, 0.5) is 4.39 Å². The molecule has 0 bridgehead atoms. The summed E-state index contributed by atoms with van der Waals surface area (Å²) in [6.45, 7) is 5.39. The first kappa shape index (κ1) is 23.4. The van der Waals surface area contributed by atoms with Crippen LogP contribution in [-0.4, -0.2) is 56.9 Å². The molecule has 1 N–H and O–H groups in total. The molecule has 2 aliphatic heterocycles. The van der Waals surface area contributed by atoms with Crippen LogP contribution in [0.2, 0.25) is 0 Å². The van der Waals surface area contributed by atoms with Gasteiger partial charge in [-0.3, -0.25) is 4.79 Å². The molecule has 1 amide bonds. The number of halogens is 1. The third-order valence-electron chi connectivity index (χ3n) is 5.88. The van der Waals surface area contributed by atoms with E-state index in [-0.39, 0.29) is 11.9 Å². The van der Waals surface area contributed by atoms with Crippen molar-refractivity contribution in [1.82, 2.24) is 10.2 Å². The number of amides is 1. The number of methoxy groups -OCH3 is 1. The lowest BCUT2D eigenvalue weighted by Crippen LogP contribution is -2.40. The van der Waals surface area contributed by atoms with E-state index in [1.807, 2.05) is 18.2 Å². The fourth-order valence-corrected chi connectivity index (χ4v) is 4.12. The molecule has 168 valence electrons. The first-order valence-corrected chi connectivity index (χ1v) is 11.0. The van der Waals surface area contributed by atoms with Gasteiger partial charge in [0, 0.05) is 26.2 Å². The monoisotopic (exact) mass is 428 g/mol. The summed E-state index contributed by atoms with van der Waals surface area (Å²) in [5.41, 5.74) is 3.34. The molecule has 2 aromatic carbocycles. The van der Waals surface area contributed by atoms with Gasteiger partial charge in [0.05, 0.1) is 25.4 Å². The Hall–Kier alpha value is -2.28. The molecule has 0 radical (unpaired) electrons. The maximum absolute atomic E-state index is 13.0. The summed E-state index contributed by atoms with van der Waals surface area (Å²) in [6, 6.07) is 14.9. The van der Waals surface area contributed by atoms with Gasteiger partial charge in [0.2, 0.25) is 6.41 Å². The second kappa shape index (κ2) is 11.9. The van der Waals surface area contributed by atoms with Crippen molar-refractivity contribution in [3.63, 3.8) is 0 Å². The van der Waals surface area contributed by atoms with Crippen LogP contribution in [0.1, 0.15) is 42.5 Å². The standard InChI is InChI=1S/C16H14FNO.C9H19NO2/c17-14-7-5-13(6-8-14)16-15-4-2-1-3-12(15)9-10-18(16)11-19;1-8-3-4-9(7-12-8)10-5-6-11-2/h1-8,11,16H,9-10H2;8-10H,3-7H2,1-2H3/t16-;8-,9?/m01/s1. The van der Waals surface area contributed by atoms with E-state index in [2.05, 4.69) is 18.3 Å². The number of carbonyl (C=O) groups excluding carboxylic acids is 1. The van der Waals surface area contributed by atoms with Crippen LogP contribution >= 0.6 is 0 Å². The summed E-state index contributed by atoms with van der Waals surface area (Å²) in [4.78, 5) is 13.0. The van der Waals surface area contributed by atoms with Crippen molar-refractivity contribution in [2.45, 2.75) is 44.4 Å². The molecule has 2 heterocycles. The highest BCUT2D eigenvalue weighted by atomic mass is 19.1. The number of ether oxygens (including phenoxy) is 2. The lowest BCUT2D eigenvalue weighted by atomic mass is 9.88. The zero-order valence-electron chi connectivity index (χ0n) is 18.4. The Morgan fingerprint density at radius 3 is 2.65 bits per heavy atom. The van der Waals surface area contributed by atoms with E-state index < -0.39 is 0 Å². The molecule has 0 spiro atoms. The van der Waals surface area contributed by atoms with Gasteiger partial charge < -0.3 is 19.7 Å². The van der Waals surface area contributed by atoms with Gasteiger partial charge in [-0.1, -0.05) is 36.4 Å². The van der Waals surface area contributed by atoms with Crippen molar-refractivity contribution in [2.75, 3.05) is 33.4 Å². The number of rotatable bonds is 6. The highest BCUT2D eigenvalue weighted by Gasteiger charge is 2.27. The zero-order valence-corrected chi connectivity index (χ0v) is 18.4. The summed E-state index contributed by atoms with van der Waals surface area (Å²) in [6.07, 6.45) is 4.59. The number of nitrogens with zero attached hydrogens (tertiary/aromatic N) is 1. The Morgan fingerprint density at radius 2 is 1.97 bits per heavy atom. The minimum Gasteiger partial charge on any atom is -0.383 e. The normalized spacial score (nSPS) is 22.8. The van der Waals surface area contributed by atoms with Crippen molar-refractivity contribution in [2.24, 2.45) is 0 Å². The molecular formula is C25H33FN2O3. The van der Waals surface area contributed by atoms with E-state index in [4.69, 9.17) is 9.47 Å². The van der Waals surface area contributed by atoms with Gasteiger partial charge in [0.1, 0.15) is 5.82 Å². The van der Waals surface area contributed by atoms with E-state index in [1.165, 1.54) is 30.5 Å². The molecule has 5 nitrogen and oxygen atoms in total. The molecule has 1 saturated heterocycles. The van der Waals surface area contributed by atoms with Crippen LogP contribution in [0.3, 0.4) is 0 Å². The Kier molecular flexibility index (Phi) is 9.00. The first-order chi connectivity index (χ1) is 15.1. The van der Waals surface area contributed by atoms with Gasteiger partial charge >= 0.3 is 0 Å². The maximum atomic E-state index is 13.0. The van der Waals surface area contributed by atoms with Crippen molar-refractivity contribution in [1.29, 1.82) is 0 Å². The van der Waals surface area contributed by atoms with E-state index in [0.29, 0.717) is 18.7 Å². The summed E-state index contributed by atoms with van der Waals surface area (Å²) < 4.78 is 23.5. The van der Waals surface area contributed by atoms with E-state index >= 15 is 0 Å². The number of nitrogens with one attached hydrogen (secondary N) is 1. The Bertz CT molecular complexity index is 807. The van der Waals surface area contributed by atoms with Crippen LogP contribution in [0.5, 0.6) is 0 Å². The van der Waals surface area contributed by atoms with E-state index in [1.54, 1.807) is 24.1 Å². The predicted molar refractivity (Wildman–Crippen MR) is 119 cm³/mol. The predicted octanol–water partition coefficient (Wildman–Crippen LogP) is 3.72. The molecule has 1 unspecified atom stereocenters. The van der Waals surface area contributed by atoms with Crippen LogP contribution < -0.4 is 5.32 Å². The summed E-state index contributed by atoms with van der Waals surface area (Å²) >= 11 is 0. The van der Waals surface area contributed by atoms with Crippen molar-refractivity contribution in [3.8, 4) is 0 Å². The molecular weight excluding hydrogens is 395 g/mol. The average Bonchev–Trinajstić information content (AvgIpc) is 2.81. The second-order valence-electron chi connectivity index (χ2n) is 8.11. The fourth-order valence-electron chi connectivity index (χ4n) is 4.12. The minimum atomic E-state index is -0.259. The van der Waals surface area contributed by atoms with Gasteiger partial charge in [-0.05, 0) is 55.0 Å². The smallest absolute Gasteiger partial charge is 0.210 e. The zero-order chi connectivity index (χ0) is 22.1. The molecule has 2 aliphatic rings. The summed E-state index contributed by atoms with van der Waals surface area (Å²) in [5, 5.41) is 3.39. The number of fused-ring (bicyclic) bond motifs is 1. The maximum Gasteiger partial charge on any atom is 0.210 e. The fraction of sp³-hybridized carbons (Fsp3) is 0.480. The Morgan fingerprint density at radius 1 is 1.19 bits per heavy atom. The number of benzene rings is 2. The molecule has 6 heteroatoms. The third-order valence-corrected chi connectivity index (χ3v) is 5.88. The minimum absolute atomic E-state index is 0.108. The first-order valence-electron chi connectivity index (χ1n) is 11.0. The van der Waals surface area contributed by atoms with Gasteiger partial charge in [-0.15, -0.1) is 0 Å². The Labute approximate surface area is 184 Å². The summed E-state index contributed by atoms with van der Waals surface area (Å²) in [7, 11) is 1.72. The van der Waals surface area contributed by atoms with E-state index in [9.17, 15) is 9.18 Å². The van der Waals surface area contributed by atoms with Crippen LogP contribution in [-0.2, 0) is 20.7 Å². The topological polar surface area (TPSA) is 50.8 Å². The molecule has 2 aromatic rings. The average molecular weight is 429 g/mol. The largest absolute Gasteiger partial charge is 0.383 e. The lowest BCUT2D eigenvalue weighted by Gasteiger charge is -2.35. The molecule has 4 rings (SSSR count). The van der Waals surface area contributed by atoms with Crippen LogP contribution in [0.15, 0.2) is 48.5 Å². The highest BCUT2D eigenvalue weighted by molar-refractivity contribution is 5.54. The summed E-state index contributed by atoms with van der Waals surface area (Å²) in [5.74, 6) is -0.259. The molecule has 0 aromatic heterocycles. The Balaban J connectivity index is 0.000000196. The number of carbonyl (C=O) groups is 1. The quantitative estimate of drug-likeness (QED) is 0.563. The van der Waals surface area contributed by atoms with Crippen LogP contribution in [0.25, 0.3) is 0 Å². The molecule has 0 saturated carbocycles. The van der Waals surface area contributed by atoms with Crippen molar-refractivity contribution < 1.29 is 18.7 Å². The van der Waals surface area contributed by atoms with Gasteiger partial charge in [0.15, 0.2) is 0 Å². The molecule has 3 atom stereocenters. The highest BCUT2D eigenvalue weighted by Crippen LogP contribution is 2.34. The van der Waals surface area contributed by atoms with Gasteiger partial charge in [-0.25, -0.2) is 4.39 Å². The SMILES string of the molecule is COCCNC1CC[C@@H](C)OC1.O=CN1CCc2ccccc2[C@@H]1c1ccc(F)cc1. The van der Waals surface area contributed by atoms with Crippen molar-refractivity contribution >= 4 is 6.41 Å². The molecule has 31 heavy (non-hydrogen) atoms. The second-order valence-corrected chi connectivity index (χ2v) is 8.11. The number of hydrogen-bond donors (Lipinski definition) is 1. The molecule has 0 aliphatic carbocycles. The number of hydrogen-bond acceptors (Lipinski definition) is 4. The van der Waals surface area contributed by atoms with Gasteiger partial charge in [0.25, 0.3) is 0 Å². The van der Waals surface area contributed by atoms with Gasteiger partial charge in [-0.2, -0.15) is 0 Å². The van der Waals surface area contributed by atoms with Crippen molar-refractivity contribution in [3.05, 3.63) is 71.0 Å².